The summed E-state index contributed by atoms with van der Waals surface area (Å²) in [6.07, 6.45) is 5.64. The molecule has 2 aromatic rings. The molecule has 0 radical (unpaired) electrons. The van der Waals surface area contributed by atoms with Crippen molar-refractivity contribution >= 4 is 5.82 Å². The molecule has 3 rings (SSSR count). The van der Waals surface area contributed by atoms with Gasteiger partial charge in [0.2, 0.25) is 0 Å². The Morgan fingerprint density at radius 1 is 1.25 bits per heavy atom. The fourth-order valence-electron chi connectivity index (χ4n) is 2.74. The zero-order valence-corrected chi connectivity index (χ0v) is 12.3. The molecule has 0 saturated carbocycles. The number of aryl methyl sites for hydroxylation is 1. The highest BCUT2D eigenvalue weighted by molar-refractivity contribution is 5.41. The van der Waals surface area contributed by atoms with Gasteiger partial charge in [-0.1, -0.05) is 13.8 Å². The Kier molecular flexibility index (Phi) is 3.42. The number of hydrogen-bond acceptors (Lipinski definition) is 4. The Morgan fingerprint density at radius 3 is 2.75 bits per heavy atom. The molecule has 0 spiro atoms. The number of rotatable bonds is 4. The number of aromatic nitrogens is 4. The molecule has 1 aliphatic rings. The van der Waals surface area contributed by atoms with E-state index in [9.17, 15) is 0 Å². The molecule has 5 heteroatoms. The first kappa shape index (κ1) is 13.1. The molecule has 0 atom stereocenters. The van der Waals surface area contributed by atoms with E-state index in [1.54, 1.807) is 6.33 Å². The van der Waals surface area contributed by atoms with Gasteiger partial charge in [0.1, 0.15) is 18.0 Å². The molecule has 0 bridgehead atoms. The summed E-state index contributed by atoms with van der Waals surface area (Å²) >= 11 is 0. The highest BCUT2D eigenvalue weighted by Gasteiger charge is 2.28. The minimum atomic E-state index is 0.477. The molecule has 2 aromatic heterocycles. The van der Waals surface area contributed by atoms with Crippen molar-refractivity contribution in [2.45, 2.75) is 33.2 Å². The van der Waals surface area contributed by atoms with E-state index >= 15 is 0 Å². The molecule has 20 heavy (non-hydrogen) atoms. The topological polar surface area (TPSA) is 46.8 Å². The van der Waals surface area contributed by atoms with E-state index in [0.29, 0.717) is 11.8 Å². The number of hydrogen-bond donors (Lipinski definition) is 0. The number of anilines is 1. The van der Waals surface area contributed by atoms with Crippen LogP contribution in [-0.4, -0.2) is 32.6 Å². The van der Waals surface area contributed by atoms with E-state index < -0.39 is 0 Å². The summed E-state index contributed by atoms with van der Waals surface area (Å²) in [5, 5.41) is 0. The molecule has 0 unspecified atom stereocenters. The summed E-state index contributed by atoms with van der Waals surface area (Å²) in [6.45, 7) is 9.56. The normalized spacial score (nSPS) is 15.7. The highest BCUT2D eigenvalue weighted by Crippen LogP contribution is 2.25. The van der Waals surface area contributed by atoms with Crippen LogP contribution in [0.15, 0.2) is 24.8 Å². The summed E-state index contributed by atoms with van der Waals surface area (Å²) in [6, 6.07) is 2.05. The Hall–Kier alpha value is -1.91. The third-order valence-corrected chi connectivity index (χ3v) is 3.79. The first-order chi connectivity index (χ1) is 9.63. The summed E-state index contributed by atoms with van der Waals surface area (Å²) in [5.74, 6) is 3.38. The van der Waals surface area contributed by atoms with Gasteiger partial charge >= 0.3 is 0 Å². The molecule has 0 aromatic carbocycles. The molecular formula is C15H21N5. The van der Waals surface area contributed by atoms with E-state index in [4.69, 9.17) is 0 Å². The molecular weight excluding hydrogens is 250 g/mol. The third-order valence-electron chi connectivity index (χ3n) is 3.79. The summed E-state index contributed by atoms with van der Waals surface area (Å²) in [5.41, 5.74) is 1.02. The molecule has 106 valence electrons. The maximum Gasteiger partial charge on any atom is 0.132 e. The zero-order valence-electron chi connectivity index (χ0n) is 12.3. The quantitative estimate of drug-likeness (QED) is 0.855. The fourth-order valence-corrected chi connectivity index (χ4v) is 2.74. The Morgan fingerprint density at radius 2 is 2.05 bits per heavy atom. The van der Waals surface area contributed by atoms with Gasteiger partial charge < -0.3 is 9.47 Å². The Bertz CT molecular complexity index is 583. The highest BCUT2D eigenvalue weighted by atomic mass is 15.3. The molecule has 0 amide bonds. The van der Waals surface area contributed by atoms with Crippen LogP contribution in [0.25, 0.3) is 0 Å². The molecule has 5 nitrogen and oxygen atoms in total. The second kappa shape index (κ2) is 5.23. The van der Waals surface area contributed by atoms with Crippen molar-refractivity contribution in [1.29, 1.82) is 0 Å². The number of imidazole rings is 1. The van der Waals surface area contributed by atoms with Gasteiger partial charge in [-0.3, -0.25) is 0 Å². The number of nitrogens with zero attached hydrogens (tertiary/aromatic N) is 5. The van der Waals surface area contributed by atoms with Gasteiger partial charge in [-0.25, -0.2) is 15.0 Å². The monoisotopic (exact) mass is 271 g/mol. The van der Waals surface area contributed by atoms with Crippen LogP contribution in [0, 0.1) is 12.8 Å². The van der Waals surface area contributed by atoms with Crippen LogP contribution in [-0.2, 0) is 6.54 Å². The van der Waals surface area contributed by atoms with Crippen molar-refractivity contribution in [2.24, 2.45) is 5.92 Å². The molecule has 0 aliphatic carbocycles. The van der Waals surface area contributed by atoms with Gasteiger partial charge in [-0.2, -0.15) is 0 Å². The van der Waals surface area contributed by atoms with Crippen LogP contribution in [0.4, 0.5) is 5.82 Å². The minimum absolute atomic E-state index is 0.477. The van der Waals surface area contributed by atoms with Crippen LogP contribution in [0.5, 0.6) is 0 Å². The average molecular weight is 271 g/mol. The lowest BCUT2D eigenvalue weighted by Gasteiger charge is -2.40. The third kappa shape index (κ3) is 2.53. The summed E-state index contributed by atoms with van der Waals surface area (Å²) in [7, 11) is 0. The second-order valence-electron chi connectivity index (χ2n) is 5.88. The first-order valence-electron chi connectivity index (χ1n) is 7.18. The SMILES string of the molecule is Cc1cc(N2CC(Cn3ccnc3C(C)C)C2)ncn1. The smallest absolute Gasteiger partial charge is 0.132 e. The van der Waals surface area contributed by atoms with Crippen LogP contribution in [0.2, 0.25) is 0 Å². The molecule has 0 N–H and O–H groups in total. The van der Waals surface area contributed by atoms with E-state index in [0.717, 1.165) is 31.1 Å². The second-order valence-corrected chi connectivity index (χ2v) is 5.88. The molecule has 1 aliphatic heterocycles. The van der Waals surface area contributed by atoms with Gasteiger partial charge in [-0.15, -0.1) is 0 Å². The van der Waals surface area contributed by atoms with Crippen LogP contribution in [0.3, 0.4) is 0 Å². The summed E-state index contributed by atoms with van der Waals surface area (Å²) < 4.78 is 2.29. The van der Waals surface area contributed by atoms with Crippen LogP contribution >= 0.6 is 0 Å². The predicted octanol–water partition coefficient (Wildman–Crippen LogP) is 2.24. The van der Waals surface area contributed by atoms with Gasteiger partial charge in [0.25, 0.3) is 0 Å². The van der Waals surface area contributed by atoms with Crippen molar-refractivity contribution in [3.8, 4) is 0 Å². The fraction of sp³-hybridized carbons (Fsp3) is 0.533. The van der Waals surface area contributed by atoms with Crippen molar-refractivity contribution in [3.05, 3.63) is 36.3 Å². The summed E-state index contributed by atoms with van der Waals surface area (Å²) in [4.78, 5) is 15.2. The van der Waals surface area contributed by atoms with Gasteiger partial charge in [-0.05, 0) is 6.92 Å². The van der Waals surface area contributed by atoms with Crippen molar-refractivity contribution in [3.63, 3.8) is 0 Å². The van der Waals surface area contributed by atoms with Crippen LogP contribution in [0.1, 0.15) is 31.3 Å². The Balaban J connectivity index is 1.60. The molecule has 1 fully saturated rings. The average Bonchev–Trinajstić information content (AvgIpc) is 2.81. The maximum atomic E-state index is 4.44. The molecule has 1 saturated heterocycles. The first-order valence-corrected chi connectivity index (χ1v) is 7.18. The van der Waals surface area contributed by atoms with Crippen LogP contribution < -0.4 is 4.90 Å². The molecule has 3 heterocycles. The predicted molar refractivity (Wildman–Crippen MR) is 78.8 cm³/mol. The van der Waals surface area contributed by atoms with Gasteiger partial charge in [0.15, 0.2) is 0 Å². The van der Waals surface area contributed by atoms with Gasteiger partial charge in [0, 0.05) is 55.6 Å². The van der Waals surface area contributed by atoms with E-state index in [2.05, 4.69) is 44.5 Å². The van der Waals surface area contributed by atoms with E-state index in [1.807, 2.05) is 19.2 Å². The van der Waals surface area contributed by atoms with Crippen molar-refractivity contribution in [2.75, 3.05) is 18.0 Å². The van der Waals surface area contributed by atoms with E-state index in [-0.39, 0.29) is 0 Å². The standard InChI is InChI=1S/C15H21N5/c1-11(2)15-16-4-5-19(15)7-13-8-20(9-13)14-6-12(3)17-10-18-14/h4-6,10-11,13H,7-9H2,1-3H3. The van der Waals surface area contributed by atoms with Gasteiger partial charge in [0.05, 0.1) is 0 Å². The van der Waals surface area contributed by atoms with Crippen molar-refractivity contribution in [1.82, 2.24) is 19.5 Å². The Labute approximate surface area is 119 Å². The largest absolute Gasteiger partial charge is 0.356 e. The minimum Gasteiger partial charge on any atom is -0.356 e. The lowest BCUT2D eigenvalue weighted by Crippen LogP contribution is -2.49. The van der Waals surface area contributed by atoms with E-state index in [1.165, 1.54) is 5.82 Å². The lowest BCUT2D eigenvalue weighted by molar-refractivity contribution is 0.348. The maximum absolute atomic E-state index is 4.44. The van der Waals surface area contributed by atoms with Crippen molar-refractivity contribution < 1.29 is 0 Å². The zero-order chi connectivity index (χ0) is 14.1. The lowest BCUT2D eigenvalue weighted by atomic mass is 10.00.